The number of aromatic nitrogens is 4. The Balaban J connectivity index is 1.96. The van der Waals surface area contributed by atoms with Gasteiger partial charge in [-0.2, -0.15) is 15.0 Å². The number of nitrogens with one attached hydrogen (secondary N) is 1. The van der Waals surface area contributed by atoms with Gasteiger partial charge in [0.15, 0.2) is 0 Å². The predicted molar refractivity (Wildman–Crippen MR) is 73.7 cm³/mol. The first kappa shape index (κ1) is 11.1. The number of rotatable bonds is 2. The number of nitrogen functional groups attached to an aromatic ring is 2. The van der Waals surface area contributed by atoms with Crippen molar-refractivity contribution in [2.75, 3.05) is 16.8 Å². The summed E-state index contributed by atoms with van der Waals surface area (Å²) in [6, 6.07) is 9.59. The molecule has 0 saturated heterocycles. The number of hydrogen-bond donors (Lipinski definition) is 3. The number of nitrogens with two attached hydrogens (primary N) is 2. The molecular weight excluding hydrogens is 242 g/mol. The summed E-state index contributed by atoms with van der Waals surface area (Å²) in [4.78, 5) is 15.9. The van der Waals surface area contributed by atoms with Crippen molar-refractivity contribution in [3.8, 4) is 0 Å². The van der Waals surface area contributed by atoms with Crippen molar-refractivity contribution in [2.45, 2.75) is 0 Å². The minimum atomic E-state index is 0.0810. The third-order valence-corrected chi connectivity index (χ3v) is 2.53. The van der Waals surface area contributed by atoms with Crippen molar-refractivity contribution in [3.05, 3.63) is 36.5 Å². The summed E-state index contributed by atoms with van der Waals surface area (Å²) in [5, 5.41) is 4.04. The number of benzene rings is 1. The van der Waals surface area contributed by atoms with Crippen molar-refractivity contribution >= 4 is 34.4 Å². The average Bonchev–Trinajstić information content (AvgIpc) is 2.37. The van der Waals surface area contributed by atoms with Gasteiger partial charge in [0.25, 0.3) is 0 Å². The predicted octanol–water partition coefficient (Wildman–Crippen LogP) is 1.33. The number of hydrogen-bond acceptors (Lipinski definition) is 7. The summed E-state index contributed by atoms with van der Waals surface area (Å²) >= 11 is 0. The average molecular weight is 253 g/mol. The highest BCUT2D eigenvalue weighted by molar-refractivity contribution is 5.82. The zero-order valence-electron chi connectivity index (χ0n) is 9.91. The van der Waals surface area contributed by atoms with E-state index in [-0.39, 0.29) is 11.9 Å². The largest absolute Gasteiger partial charge is 0.368 e. The van der Waals surface area contributed by atoms with Crippen LogP contribution in [-0.4, -0.2) is 19.9 Å². The zero-order chi connectivity index (χ0) is 13.2. The van der Waals surface area contributed by atoms with Crippen molar-refractivity contribution in [1.82, 2.24) is 19.9 Å². The summed E-state index contributed by atoms with van der Waals surface area (Å²) in [6.45, 7) is 0. The Morgan fingerprint density at radius 2 is 1.74 bits per heavy atom. The third kappa shape index (κ3) is 2.34. The van der Waals surface area contributed by atoms with Gasteiger partial charge in [0.1, 0.15) is 0 Å². The Morgan fingerprint density at radius 1 is 0.947 bits per heavy atom. The minimum Gasteiger partial charge on any atom is -0.368 e. The normalized spacial score (nSPS) is 10.5. The van der Waals surface area contributed by atoms with Crippen molar-refractivity contribution < 1.29 is 0 Å². The van der Waals surface area contributed by atoms with Gasteiger partial charge in [-0.15, -0.1) is 0 Å². The maximum Gasteiger partial charge on any atom is 0.233 e. The van der Waals surface area contributed by atoms with Gasteiger partial charge in [-0.3, -0.25) is 4.98 Å². The van der Waals surface area contributed by atoms with Gasteiger partial charge in [0, 0.05) is 17.3 Å². The van der Waals surface area contributed by atoms with Crippen LogP contribution in [0.3, 0.4) is 0 Å². The van der Waals surface area contributed by atoms with Gasteiger partial charge in [-0.1, -0.05) is 6.07 Å². The van der Waals surface area contributed by atoms with E-state index in [2.05, 4.69) is 25.3 Å². The van der Waals surface area contributed by atoms with Crippen LogP contribution >= 0.6 is 0 Å². The summed E-state index contributed by atoms with van der Waals surface area (Å²) in [7, 11) is 0. The van der Waals surface area contributed by atoms with E-state index in [9.17, 15) is 0 Å². The molecule has 0 aliphatic rings. The van der Waals surface area contributed by atoms with E-state index in [1.54, 1.807) is 6.20 Å². The molecule has 19 heavy (non-hydrogen) atoms. The molecule has 0 saturated carbocycles. The van der Waals surface area contributed by atoms with Gasteiger partial charge in [-0.05, 0) is 24.3 Å². The molecule has 2 heterocycles. The number of anilines is 4. The molecule has 7 nitrogen and oxygen atoms in total. The van der Waals surface area contributed by atoms with Crippen LogP contribution in [0.2, 0.25) is 0 Å². The summed E-state index contributed by atoms with van der Waals surface area (Å²) in [5.74, 6) is 0.475. The quantitative estimate of drug-likeness (QED) is 0.630. The first-order chi connectivity index (χ1) is 9.20. The van der Waals surface area contributed by atoms with Crippen LogP contribution < -0.4 is 16.8 Å². The maximum absolute atomic E-state index is 5.51. The Kier molecular flexibility index (Phi) is 2.57. The smallest absolute Gasteiger partial charge is 0.233 e. The van der Waals surface area contributed by atoms with Crippen LogP contribution in [0.15, 0.2) is 36.5 Å². The Bertz CT molecular complexity index is 721. The Morgan fingerprint density at radius 3 is 2.53 bits per heavy atom. The molecule has 0 aliphatic carbocycles. The van der Waals surface area contributed by atoms with Crippen molar-refractivity contribution in [2.24, 2.45) is 0 Å². The molecule has 7 heteroatoms. The number of fused-ring (bicyclic) bond motifs is 1. The van der Waals surface area contributed by atoms with E-state index < -0.39 is 0 Å². The highest BCUT2D eigenvalue weighted by atomic mass is 15.2. The van der Waals surface area contributed by atoms with Crippen LogP contribution in [0.1, 0.15) is 0 Å². The molecule has 0 spiro atoms. The second-order valence-corrected chi connectivity index (χ2v) is 3.91. The molecule has 2 aromatic heterocycles. The monoisotopic (exact) mass is 253 g/mol. The van der Waals surface area contributed by atoms with Crippen LogP contribution in [0.25, 0.3) is 10.9 Å². The molecule has 0 aliphatic heterocycles. The van der Waals surface area contributed by atoms with Crippen molar-refractivity contribution in [3.63, 3.8) is 0 Å². The summed E-state index contributed by atoms with van der Waals surface area (Å²) in [5.41, 5.74) is 12.8. The molecule has 0 amide bonds. The molecule has 3 aromatic rings. The fourth-order valence-electron chi connectivity index (χ4n) is 1.75. The topological polar surface area (TPSA) is 116 Å². The molecule has 3 rings (SSSR count). The van der Waals surface area contributed by atoms with E-state index in [1.165, 1.54) is 0 Å². The van der Waals surface area contributed by atoms with Gasteiger partial charge >= 0.3 is 0 Å². The highest BCUT2D eigenvalue weighted by Crippen LogP contribution is 2.19. The van der Waals surface area contributed by atoms with Gasteiger partial charge < -0.3 is 16.8 Å². The highest BCUT2D eigenvalue weighted by Gasteiger charge is 2.03. The van der Waals surface area contributed by atoms with Crippen LogP contribution in [0, 0.1) is 0 Å². The molecule has 5 N–H and O–H groups in total. The fraction of sp³-hybridized carbons (Fsp3) is 0. The second kappa shape index (κ2) is 4.37. The van der Waals surface area contributed by atoms with E-state index in [1.807, 2.05) is 30.3 Å². The molecule has 94 valence electrons. The second-order valence-electron chi connectivity index (χ2n) is 3.91. The first-order valence-corrected chi connectivity index (χ1v) is 5.59. The fourth-order valence-corrected chi connectivity index (χ4v) is 1.75. The number of pyridine rings is 1. The van der Waals surface area contributed by atoms with Gasteiger partial charge in [0.05, 0.1) is 5.52 Å². The Labute approximate surface area is 108 Å². The molecule has 0 unspecified atom stereocenters. The van der Waals surface area contributed by atoms with Crippen LogP contribution in [-0.2, 0) is 0 Å². The molecule has 1 aromatic carbocycles. The van der Waals surface area contributed by atoms with E-state index >= 15 is 0 Å². The molecular formula is C12H11N7. The van der Waals surface area contributed by atoms with E-state index in [0.29, 0.717) is 5.95 Å². The molecule has 0 fully saturated rings. The zero-order valence-corrected chi connectivity index (χ0v) is 9.91. The lowest BCUT2D eigenvalue weighted by atomic mass is 10.2. The molecule has 0 bridgehead atoms. The summed E-state index contributed by atoms with van der Waals surface area (Å²) in [6.07, 6.45) is 1.75. The number of nitrogens with zero attached hydrogens (tertiary/aromatic N) is 4. The third-order valence-electron chi connectivity index (χ3n) is 2.53. The van der Waals surface area contributed by atoms with E-state index in [4.69, 9.17) is 11.5 Å². The SMILES string of the molecule is Nc1nc(N)nc(Nc2ccc3ncccc3c2)n1. The minimum absolute atomic E-state index is 0.0810. The lowest BCUT2D eigenvalue weighted by molar-refractivity contribution is 1.08. The molecule has 0 radical (unpaired) electrons. The lowest BCUT2D eigenvalue weighted by Gasteiger charge is -2.06. The van der Waals surface area contributed by atoms with Crippen LogP contribution in [0.5, 0.6) is 0 Å². The van der Waals surface area contributed by atoms with Crippen LogP contribution in [0.4, 0.5) is 23.5 Å². The standard InChI is InChI=1S/C12H11N7/c13-10-17-11(14)19-12(18-10)16-8-3-4-9-7(6-8)2-1-5-15-9/h1-6H,(H5,13,14,16,17,18,19). The first-order valence-electron chi connectivity index (χ1n) is 5.59. The Hall–Kier alpha value is -2.96. The lowest BCUT2D eigenvalue weighted by Crippen LogP contribution is -2.06. The maximum atomic E-state index is 5.51. The van der Waals surface area contributed by atoms with Crippen molar-refractivity contribution in [1.29, 1.82) is 0 Å². The van der Waals surface area contributed by atoms with E-state index in [0.717, 1.165) is 16.6 Å². The summed E-state index contributed by atoms with van der Waals surface area (Å²) < 4.78 is 0. The van der Waals surface area contributed by atoms with Gasteiger partial charge in [-0.25, -0.2) is 0 Å². The molecule has 0 atom stereocenters. The van der Waals surface area contributed by atoms with Gasteiger partial charge in [0.2, 0.25) is 17.8 Å².